The van der Waals surface area contributed by atoms with Crippen LogP contribution in [-0.2, 0) is 15.4 Å². The Morgan fingerprint density at radius 3 is 1.60 bits per heavy atom. The van der Waals surface area contributed by atoms with Crippen LogP contribution in [0.15, 0.2) is 24.3 Å². The van der Waals surface area contributed by atoms with Gasteiger partial charge < -0.3 is 0 Å². The van der Waals surface area contributed by atoms with Crippen LogP contribution in [0.25, 0.3) is 0 Å². The van der Waals surface area contributed by atoms with Crippen molar-refractivity contribution >= 4 is 55.0 Å². The van der Waals surface area contributed by atoms with E-state index in [2.05, 4.69) is 24.4 Å². The molecule has 0 radical (unpaired) electrons. The Morgan fingerprint density at radius 2 is 1.26 bits per heavy atom. The minimum absolute atomic E-state index is 0.00110. The molecular weight excluding hydrogens is 644 g/mol. The fraction of sp³-hybridized carbons (Fsp3) is 0.333. The number of hydrogen-bond acceptors (Lipinski definition) is 5. The number of rotatable bonds is 10. The van der Waals surface area contributed by atoms with Crippen LogP contribution in [0.1, 0.15) is 43.0 Å². The van der Waals surface area contributed by atoms with E-state index in [1.807, 2.05) is 0 Å². The molecule has 194 valence electrons. The number of alkyl halides is 4. The van der Waals surface area contributed by atoms with E-state index in [0.717, 1.165) is 0 Å². The first-order valence-corrected chi connectivity index (χ1v) is 18.8. The van der Waals surface area contributed by atoms with Gasteiger partial charge in [0.2, 0.25) is 0 Å². The average Bonchev–Trinajstić information content (AvgIpc) is 2.72. The van der Waals surface area contributed by atoms with Gasteiger partial charge in [-0.25, -0.2) is 0 Å². The van der Waals surface area contributed by atoms with Gasteiger partial charge in [-0.1, -0.05) is 0 Å². The molecule has 0 saturated heterocycles. The molecule has 0 heterocycles. The number of aromatic carboxylic acids is 1. The van der Waals surface area contributed by atoms with Crippen LogP contribution in [0.2, 0.25) is 0 Å². The van der Waals surface area contributed by atoms with Gasteiger partial charge in [-0.15, -0.1) is 0 Å². The number of benzene rings is 2. The fourth-order valence-corrected chi connectivity index (χ4v) is 6.64. The molecule has 1 N–H and O–H groups in total. The van der Waals surface area contributed by atoms with Gasteiger partial charge in [-0.3, -0.25) is 0 Å². The summed E-state index contributed by atoms with van der Waals surface area (Å²) in [4.78, 5) is 22.7. The van der Waals surface area contributed by atoms with Crippen molar-refractivity contribution in [3.63, 3.8) is 0 Å². The van der Waals surface area contributed by atoms with E-state index in [-0.39, 0.29) is 45.1 Å². The molecule has 2 aromatic rings. The monoisotopic (exact) mass is 670 g/mol. The second kappa shape index (κ2) is 15.5. The fourth-order valence-electron chi connectivity index (χ4n) is 3.11. The molecule has 0 amide bonds. The van der Waals surface area contributed by atoms with Crippen LogP contribution in [0.3, 0.4) is 0 Å². The second-order valence-electron chi connectivity index (χ2n) is 6.73. The van der Waals surface area contributed by atoms with E-state index in [4.69, 9.17) is 9.84 Å². The van der Waals surface area contributed by atoms with E-state index in [0.29, 0.717) is 38.5 Å². The van der Waals surface area contributed by atoms with Crippen molar-refractivity contribution in [1.29, 1.82) is 0 Å². The van der Waals surface area contributed by atoms with Gasteiger partial charge in [-0.05, 0) is 0 Å². The molecule has 35 heavy (non-hydrogen) atoms. The van der Waals surface area contributed by atoms with Crippen LogP contribution in [0.4, 0.5) is 17.6 Å². The molecule has 14 heteroatoms. The Bertz CT molecular complexity index is 1090. The Morgan fingerprint density at radius 1 is 0.857 bits per heavy atom. The SMILES string of the molecule is COC(=O)c1c(C)cc(OC(F)F)cc1C[SeH]=P.Cc1cc(OC(F)F)cc(C[SeH]=P)c1C(=O)O. The third-order valence-electron chi connectivity index (χ3n) is 4.33. The van der Waals surface area contributed by atoms with Crippen molar-refractivity contribution in [3.05, 3.63) is 57.6 Å². The van der Waals surface area contributed by atoms with Crippen molar-refractivity contribution in [3.8, 4) is 11.5 Å². The van der Waals surface area contributed by atoms with E-state index in [9.17, 15) is 27.2 Å². The number of carboxylic acid groups (broad SMARTS) is 1. The van der Waals surface area contributed by atoms with Gasteiger partial charge in [0.1, 0.15) is 0 Å². The predicted molar refractivity (Wildman–Crippen MR) is 132 cm³/mol. The topological polar surface area (TPSA) is 82.1 Å². The molecule has 0 aliphatic rings. The summed E-state index contributed by atoms with van der Waals surface area (Å²) < 4.78 is 61.9. The number of ether oxygens (including phenoxy) is 3. The molecule has 0 unspecified atom stereocenters. The van der Waals surface area contributed by atoms with Gasteiger partial charge >= 0.3 is 215 Å². The molecule has 0 fully saturated rings. The standard InChI is InChI=1S/C11H13F2O3PSe.C10H11F2O3PSe/c1-6-3-8(16-11(12)13)4-7(5-18-17)9(6)10(14)15-2;1-5-2-7(15-10(11)12)3-6(4-17-16)8(5)9(13)14/h3-4,11,17-18H,5H2,1-2H3;2-3,10,16-17H,4H2,1H3,(H,13,14). The number of carbonyl (C=O) groups excluding carboxylic acids is 1. The molecule has 6 nitrogen and oxygen atoms in total. The van der Waals surface area contributed by atoms with Crippen molar-refractivity contribution in [2.24, 2.45) is 0 Å². The van der Waals surface area contributed by atoms with Crippen LogP contribution in [0, 0.1) is 13.8 Å². The number of carboxylic acids is 1. The Hall–Kier alpha value is -1.66. The maximum absolute atomic E-state index is 12.2. The van der Waals surface area contributed by atoms with Crippen LogP contribution in [0.5, 0.6) is 11.5 Å². The van der Waals surface area contributed by atoms with Gasteiger partial charge in [0, 0.05) is 0 Å². The van der Waals surface area contributed by atoms with Crippen molar-refractivity contribution in [2.45, 2.75) is 37.7 Å². The normalized spacial score (nSPS) is 10.5. The van der Waals surface area contributed by atoms with Crippen LogP contribution in [-0.4, -0.2) is 65.5 Å². The molecule has 0 bridgehead atoms. The molecular formula is C21H24F4O6P2Se2. The minimum atomic E-state index is -2.91. The number of aryl methyl sites for hydroxylation is 2. The van der Waals surface area contributed by atoms with Gasteiger partial charge in [0.05, 0.1) is 0 Å². The first-order valence-electron chi connectivity index (χ1n) is 9.59. The first kappa shape index (κ1) is 31.4. The van der Waals surface area contributed by atoms with Gasteiger partial charge in [0.25, 0.3) is 0 Å². The molecule has 0 saturated carbocycles. The number of hydrogen-bond donors (Lipinski definition) is 1. The zero-order chi connectivity index (χ0) is 26.7. The molecule has 0 spiro atoms. The molecule has 0 aromatic heterocycles. The molecule has 0 atom stereocenters. The maximum atomic E-state index is 12.2. The first-order chi connectivity index (χ1) is 16.4. The van der Waals surface area contributed by atoms with E-state index in [1.165, 1.54) is 31.4 Å². The van der Waals surface area contributed by atoms with Crippen molar-refractivity contribution < 1.29 is 46.5 Å². The number of esters is 1. The number of methoxy groups -OCH3 is 1. The van der Waals surface area contributed by atoms with Crippen LogP contribution < -0.4 is 9.47 Å². The molecule has 0 aliphatic carbocycles. The summed E-state index contributed by atoms with van der Waals surface area (Å²) in [6.07, 6.45) is 0. The molecule has 2 rings (SSSR count). The third kappa shape index (κ3) is 10.1. The zero-order valence-electron chi connectivity index (χ0n) is 18.8. The second-order valence-corrected chi connectivity index (χ2v) is 12.7. The molecule has 0 aliphatic heterocycles. The summed E-state index contributed by atoms with van der Waals surface area (Å²) in [5.41, 5.74) is 2.76. The Labute approximate surface area is 215 Å². The zero-order valence-corrected chi connectivity index (χ0v) is 24.5. The van der Waals surface area contributed by atoms with E-state index < -0.39 is 25.2 Å². The Balaban J connectivity index is 0.000000351. The van der Waals surface area contributed by atoms with E-state index in [1.54, 1.807) is 13.8 Å². The quantitative estimate of drug-likeness (QED) is 0.172. The van der Waals surface area contributed by atoms with Gasteiger partial charge in [-0.2, -0.15) is 0 Å². The summed E-state index contributed by atoms with van der Waals surface area (Å²) in [5.74, 6) is -1.46. The summed E-state index contributed by atoms with van der Waals surface area (Å²) in [6.45, 7) is -2.55. The van der Waals surface area contributed by atoms with Gasteiger partial charge in [0.15, 0.2) is 0 Å². The van der Waals surface area contributed by atoms with Crippen molar-refractivity contribution in [2.75, 3.05) is 7.11 Å². The average molecular weight is 668 g/mol. The summed E-state index contributed by atoms with van der Waals surface area (Å²) in [6, 6.07) is 5.54. The number of halogens is 4. The van der Waals surface area contributed by atoms with E-state index >= 15 is 0 Å². The van der Waals surface area contributed by atoms with Crippen LogP contribution >= 0.6 is 15.0 Å². The summed E-state index contributed by atoms with van der Waals surface area (Å²) >= 11 is -0.404. The summed E-state index contributed by atoms with van der Waals surface area (Å²) in [7, 11) is 8.01. The number of carbonyl (C=O) groups is 2. The van der Waals surface area contributed by atoms with Crippen molar-refractivity contribution in [1.82, 2.24) is 0 Å². The Kier molecular flexibility index (Phi) is 13.8. The molecule has 2 aromatic carbocycles. The third-order valence-corrected chi connectivity index (χ3v) is 8.07. The predicted octanol–water partition coefficient (Wildman–Crippen LogP) is 4.67. The summed E-state index contributed by atoms with van der Waals surface area (Å²) in [5, 5.41) is 10.2.